The Morgan fingerprint density at radius 2 is 1.64 bits per heavy atom. The summed E-state index contributed by atoms with van der Waals surface area (Å²) >= 11 is 0. The molecule has 2 N–H and O–H groups in total. The maximum atomic E-state index is 12.8. The molecule has 2 unspecified atom stereocenters. The standard InChI is InChI=1S/C21H25N5O2/c1-14-4-9-23-16(10-14)18(27)25-20-5-3-6-21(13-20,8-7-20)26-19(28)17-12-22-11-15(2)24-17/h4,9-12H,3,5-8,13H2,1-2H3,(H,25,27)(H,26,28). The number of pyridine rings is 1. The van der Waals surface area contributed by atoms with E-state index < -0.39 is 0 Å². The maximum absolute atomic E-state index is 12.8. The highest BCUT2D eigenvalue weighted by molar-refractivity contribution is 5.93. The first kappa shape index (κ1) is 18.5. The van der Waals surface area contributed by atoms with E-state index in [4.69, 9.17) is 0 Å². The van der Waals surface area contributed by atoms with Crippen LogP contribution in [0.4, 0.5) is 0 Å². The van der Waals surface area contributed by atoms with E-state index in [0.717, 1.165) is 44.1 Å². The lowest BCUT2D eigenvalue weighted by Gasteiger charge is -2.40. The lowest BCUT2D eigenvalue weighted by molar-refractivity contribution is 0.0826. The molecule has 2 bridgehead atoms. The van der Waals surface area contributed by atoms with E-state index >= 15 is 0 Å². The monoisotopic (exact) mass is 379 g/mol. The number of aryl methyl sites for hydroxylation is 2. The maximum Gasteiger partial charge on any atom is 0.271 e. The molecule has 2 aromatic rings. The van der Waals surface area contributed by atoms with Crippen molar-refractivity contribution in [3.63, 3.8) is 0 Å². The zero-order valence-corrected chi connectivity index (χ0v) is 16.3. The minimum Gasteiger partial charge on any atom is -0.345 e. The van der Waals surface area contributed by atoms with Crippen LogP contribution in [-0.2, 0) is 0 Å². The van der Waals surface area contributed by atoms with Crippen molar-refractivity contribution in [2.24, 2.45) is 0 Å². The van der Waals surface area contributed by atoms with Gasteiger partial charge in [-0.25, -0.2) is 4.98 Å². The summed E-state index contributed by atoms with van der Waals surface area (Å²) in [6.45, 7) is 3.76. The lowest BCUT2D eigenvalue weighted by Crippen LogP contribution is -2.55. The quantitative estimate of drug-likeness (QED) is 0.851. The van der Waals surface area contributed by atoms with Gasteiger partial charge >= 0.3 is 0 Å². The van der Waals surface area contributed by atoms with Gasteiger partial charge in [-0.3, -0.25) is 19.6 Å². The number of nitrogens with zero attached hydrogens (tertiary/aromatic N) is 3. The summed E-state index contributed by atoms with van der Waals surface area (Å²) in [5.74, 6) is -0.335. The van der Waals surface area contributed by atoms with Crippen LogP contribution in [0.1, 0.15) is 70.8 Å². The normalized spacial score (nSPS) is 25.9. The number of carbonyl (C=O) groups is 2. The van der Waals surface area contributed by atoms with Crippen LogP contribution in [0.15, 0.2) is 30.7 Å². The van der Waals surface area contributed by atoms with E-state index in [0.29, 0.717) is 17.1 Å². The highest BCUT2D eigenvalue weighted by Gasteiger charge is 2.52. The van der Waals surface area contributed by atoms with Crippen LogP contribution in [0.2, 0.25) is 0 Å². The number of nitrogens with one attached hydrogen (secondary N) is 2. The fraction of sp³-hybridized carbons (Fsp3) is 0.476. The zero-order chi connectivity index (χ0) is 19.8. The third-order valence-corrected chi connectivity index (χ3v) is 5.96. The molecule has 0 aromatic carbocycles. The molecular weight excluding hydrogens is 354 g/mol. The Morgan fingerprint density at radius 3 is 2.29 bits per heavy atom. The van der Waals surface area contributed by atoms with Gasteiger partial charge in [0.15, 0.2) is 0 Å². The summed E-state index contributed by atoms with van der Waals surface area (Å²) in [6.07, 6.45) is 10.0. The Hall–Kier alpha value is -2.83. The summed E-state index contributed by atoms with van der Waals surface area (Å²) < 4.78 is 0. The Morgan fingerprint density at radius 1 is 0.964 bits per heavy atom. The number of hydrogen-bond donors (Lipinski definition) is 2. The van der Waals surface area contributed by atoms with Crippen molar-refractivity contribution < 1.29 is 9.59 Å². The topological polar surface area (TPSA) is 96.9 Å². The molecule has 2 saturated carbocycles. The molecule has 0 saturated heterocycles. The molecule has 2 fully saturated rings. The molecule has 4 rings (SSSR count). The van der Waals surface area contributed by atoms with E-state index in [1.807, 2.05) is 19.9 Å². The second kappa shape index (κ2) is 6.96. The first-order valence-electron chi connectivity index (χ1n) is 9.75. The Labute approximate surface area is 164 Å². The first-order valence-corrected chi connectivity index (χ1v) is 9.75. The molecule has 2 aliphatic rings. The largest absolute Gasteiger partial charge is 0.345 e. The Bertz CT molecular complexity index is 857. The molecule has 28 heavy (non-hydrogen) atoms. The average molecular weight is 379 g/mol. The highest BCUT2D eigenvalue weighted by Crippen LogP contribution is 2.48. The van der Waals surface area contributed by atoms with Gasteiger partial charge < -0.3 is 10.6 Å². The molecule has 0 aliphatic heterocycles. The van der Waals surface area contributed by atoms with Gasteiger partial charge in [0.05, 0.1) is 11.9 Å². The lowest BCUT2D eigenvalue weighted by atomic mass is 9.78. The van der Waals surface area contributed by atoms with Crippen molar-refractivity contribution in [1.29, 1.82) is 0 Å². The van der Waals surface area contributed by atoms with Gasteiger partial charge in [-0.05, 0) is 70.1 Å². The van der Waals surface area contributed by atoms with Crippen LogP contribution >= 0.6 is 0 Å². The minimum absolute atomic E-state index is 0.141. The van der Waals surface area contributed by atoms with Crippen molar-refractivity contribution in [2.75, 3.05) is 0 Å². The van der Waals surface area contributed by atoms with E-state index in [9.17, 15) is 9.59 Å². The predicted octanol–water partition coefficient (Wildman–Crippen LogP) is 2.49. The Balaban J connectivity index is 1.48. The van der Waals surface area contributed by atoms with Crippen LogP contribution in [0.5, 0.6) is 0 Å². The van der Waals surface area contributed by atoms with Gasteiger partial charge in [-0.15, -0.1) is 0 Å². The zero-order valence-electron chi connectivity index (χ0n) is 16.3. The number of rotatable bonds is 4. The first-order chi connectivity index (χ1) is 13.4. The number of carbonyl (C=O) groups excluding carboxylic acids is 2. The van der Waals surface area contributed by atoms with Gasteiger partial charge in [0.2, 0.25) is 0 Å². The van der Waals surface area contributed by atoms with Gasteiger partial charge in [0.1, 0.15) is 11.4 Å². The molecule has 7 nitrogen and oxygen atoms in total. The van der Waals surface area contributed by atoms with Crippen LogP contribution in [-0.4, -0.2) is 37.8 Å². The number of aromatic nitrogens is 3. The fourth-order valence-corrected chi connectivity index (χ4v) is 4.68. The third-order valence-electron chi connectivity index (χ3n) is 5.96. The van der Waals surface area contributed by atoms with E-state index in [-0.39, 0.29) is 22.9 Å². The second-order valence-corrected chi connectivity index (χ2v) is 8.26. The van der Waals surface area contributed by atoms with Gasteiger partial charge in [0, 0.05) is 23.5 Å². The second-order valence-electron chi connectivity index (χ2n) is 8.26. The van der Waals surface area contributed by atoms with Gasteiger partial charge in [-0.1, -0.05) is 0 Å². The van der Waals surface area contributed by atoms with E-state index in [1.165, 1.54) is 6.20 Å². The molecule has 2 aliphatic carbocycles. The molecular formula is C21H25N5O2. The molecule has 2 aromatic heterocycles. The summed E-state index contributed by atoms with van der Waals surface area (Å²) in [5, 5.41) is 6.44. The molecule has 0 radical (unpaired) electrons. The van der Waals surface area contributed by atoms with Crippen LogP contribution in [0, 0.1) is 13.8 Å². The summed E-state index contributed by atoms with van der Waals surface area (Å²) in [6, 6.07) is 3.68. The molecule has 2 amide bonds. The third kappa shape index (κ3) is 3.61. The molecule has 146 valence electrons. The van der Waals surface area contributed by atoms with Crippen molar-refractivity contribution in [3.8, 4) is 0 Å². The molecule has 2 heterocycles. The predicted molar refractivity (Wildman–Crippen MR) is 104 cm³/mol. The van der Waals surface area contributed by atoms with Crippen molar-refractivity contribution >= 4 is 11.8 Å². The number of fused-ring (bicyclic) bond motifs is 2. The fourth-order valence-electron chi connectivity index (χ4n) is 4.68. The van der Waals surface area contributed by atoms with Gasteiger partial charge in [-0.2, -0.15) is 0 Å². The minimum atomic E-state index is -0.298. The summed E-state index contributed by atoms with van der Waals surface area (Å²) in [5.41, 5.74) is 1.92. The summed E-state index contributed by atoms with van der Waals surface area (Å²) in [7, 11) is 0. The van der Waals surface area contributed by atoms with Crippen molar-refractivity contribution in [1.82, 2.24) is 25.6 Å². The molecule has 2 atom stereocenters. The number of hydrogen-bond acceptors (Lipinski definition) is 5. The van der Waals surface area contributed by atoms with Crippen molar-refractivity contribution in [3.05, 3.63) is 53.4 Å². The summed E-state index contributed by atoms with van der Waals surface area (Å²) in [4.78, 5) is 38.0. The van der Waals surface area contributed by atoms with E-state index in [1.54, 1.807) is 18.5 Å². The number of amides is 2. The highest BCUT2D eigenvalue weighted by atomic mass is 16.2. The average Bonchev–Trinajstić information content (AvgIpc) is 2.91. The SMILES string of the molecule is Cc1ccnc(C(=O)NC23CCCC(NC(=O)c4cncc(C)n4)(CC2)C3)c1. The van der Waals surface area contributed by atoms with Gasteiger partial charge in [0.25, 0.3) is 11.8 Å². The molecule has 0 spiro atoms. The van der Waals surface area contributed by atoms with Crippen LogP contribution in [0.25, 0.3) is 0 Å². The van der Waals surface area contributed by atoms with E-state index in [2.05, 4.69) is 25.6 Å². The smallest absolute Gasteiger partial charge is 0.271 e. The molecule has 7 heteroatoms. The van der Waals surface area contributed by atoms with Crippen molar-refractivity contribution in [2.45, 2.75) is 63.5 Å². The van der Waals surface area contributed by atoms with Crippen LogP contribution in [0.3, 0.4) is 0 Å². The Kier molecular flexibility index (Phi) is 4.61. The van der Waals surface area contributed by atoms with Crippen LogP contribution < -0.4 is 10.6 Å².